The molecule has 0 spiro atoms. The van der Waals surface area contributed by atoms with Crippen LogP contribution in [0.4, 0.5) is 0 Å². The summed E-state index contributed by atoms with van der Waals surface area (Å²) in [6, 6.07) is 9.33. The van der Waals surface area contributed by atoms with Gasteiger partial charge in [-0.2, -0.15) is 0 Å². The van der Waals surface area contributed by atoms with E-state index in [-0.39, 0.29) is 5.91 Å². The van der Waals surface area contributed by atoms with Crippen molar-refractivity contribution in [1.82, 2.24) is 4.90 Å². The van der Waals surface area contributed by atoms with Crippen molar-refractivity contribution >= 4 is 17.5 Å². The molecule has 5 nitrogen and oxygen atoms in total. The molecule has 2 aromatic rings. The zero-order valence-corrected chi connectivity index (χ0v) is 15.9. The van der Waals surface area contributed by atoms with Gasteiger partial charge in [-0.3, -0.25) is 4.79 Å². The molecule has 0 unspecified atom stereocenters. The molecule has 0 bridgehead atoms. The van der Waals surface area contributed by atoms with Crippen LogP contribution in [0, 0.1) is 13.8 Å². The summed E-state index contributed by atoms with van der Waals surface area (Å²) in [5.74, 6) is 1.67. The first-order valence-electron chi connectivity index (χ1n) is 8.50. The van der Waals surface area contributed by atoms with Crippen molar-refractivity contribution in [1.29, 1.82) is 0 Å². The third-order valence-electron chi connectivity index (χ3n) is 4.08. The highest BCUT2D eigenvalue weighted by atomic mass is 35.5. The van der Waals surface area contributed by atoms with Crippen LogP contribution in [0.25, 0.3) is 0 Å². The van der Waals surface area contributed by atoms with Crippen molar-refractivity contribution < 1.29 is 19.0 Å². The van der Waals surface area contributed by atoms with Crippen LogP contribution in [0.15, 0.2) is 30.3 Å². The molecule has 0 aliphatic carbocycles. The fourth-order valence-electron chi connectivity index (χ4n) is 2.87. The molecule has 0 atom stereocenters. The van der Waals surface area contributed by atoms with Gasteiger partial charge in [0, 0.05) is 12.6 Å². The van der Waals surface area contributed by atoms with Gasteiger partial charge in [-0.05, 0) is 49.2 Å². The summed E-state index contributed by atoms with van der Waals surface area (Å²) in [4.78, 5) is 14.3. The number of carbonyl (C=O) groups excluding carboxylic acids is 1. The Labute approximate surface area is 158 Å². The van der Waals surface area contributed by atoms with E-state index in [4.69, 9.17) is 25.8 Å². The maximum Gasteiger partial charge on any atom is 0.253 e. The minimum absolute atomic E-state index is 0.145. The van der Waals surface area contributed by atoms with Gasteiger partial charge in [-0.25, -0.2) is 0 Å². The zero-order valence-electron chi connectivity index (χ0n) is 15.2. The number of likely N-dealkylation sites (N-methyl/N-ethyl adjacent to an activating group) is 1. The molecule has 0 saturated heterocycles. The number of nitrogens with zero attached hydrogens (tertiary/aromatic N) is 1. The van der Waals surface area contributed by atoms with E-state index in [0.717, 1.165) is 16.9 Å². The zero-order chi connectivity index (χ0) is 18.7. The van der Waals surface area contributed by atoms with Crippen LogP contribution in [0.5, 0.6) is 17.2 Å². The Hall–Kier alpha value is -2.40. The summed E-state index contributed by atoms with van der Waals surface area (Å²) in [6.07, 6.45) is 0. The lowest BCUT2D eigenvalue weighted by molar-refractivity contribution is 0.0772. The predicted molar refractivity (Wildman–Crippen MR) is 101 cm³/mol. The van der Waals surface area contributed by atoms with Gasteiger partial charge in [0.25, 0.3) is 5.91 Å². The molecule has 0 aromatic heterocycles. The van der Waals surface area contributed by atoms with Gasteiger partial charge in [0.05, 0.1) is 11.6 Å². The highest BCUT2D eigenvalue weighted by molar-refractivity contribution is 6.32. The fourth-order valence-corrected chi connectivity index (χ4v) is 3.14. The number of halogens is 1. The van der Waals surface area contributed by atoms with Crippen LogP contribution in [-0.2, 0) is 0 Å². The lowest BCUT2D eigenvalue weighted by Crippen LogP contribution is -2.31. The molecule has 0 N–H and O–H groups in total. The van der Waals surface area contributed by atoms with Gasteiger partial charge < -0.3 is 19.1 Å². The van der Waals surface area contributed by atoms with Gasteiger partial charge in [-0.1, -0.05) is 17.7 Å². The third kappa shape index (κ3) is 4.22. The first-order chi connectivity index (χ1) is 12.4. The number of rotatable bonds is 5. The molecule has 0 saturated carbocycles. The molecule has 1 aliphatic heterocycles. The number of hydrogen-bond acceptors (Lipinski definition) is 4. The second-order valence-electron chi connectivity index (χ2n) is 6.38. The summed E-state index contributed by atoms with van der Waals surface area (Å²) in [7, 11) is 1.73. The van der Waals surface area contributed by atoms with Crippen molar-refractivity contribution in [2.45, 2.75) is 13.8 Å². The molecule has 3 rings (SSSR count). The number of amides is 1. The molecular weight excluding hydrogens is 354 g/mol. The quantitative estimate of drug-likeness (QED) is 0.795. The van der Waals surface area contributed by atoms with Gasteiger partial charge >= 0.3 is 0 Å². The minimum atomic E-state index is -0.145. The van der Waals surface area contributed by atoms with E-state index in [1.807, 2.05) is 26.0 Å². The number of hydrogen-bond donors (Lipinski definition) is 0. The largest absolute Gasteiger partial charge is 0.492 e. The van der Waals surface area contributed by atoms with Crippen molar-refractivity contribution in [3.63, 3.8) is 0 Å². The third-order valence-corrected chi connectivity index (χ3v) is 4.36. The minimum Gasteiger partial charge on any atom is -0.492 e. The molecule has 6 heteroatoms. The molecule has 1 aliphatic rings. The Morgan fingerprint density at radius 2 is 1.81 bits per heavy atom. The molecule has 1 amide bonds. The molecule has 26 heavy (non-hydrogen) atoms. The smallest absolute Gasteiger partial charge is 0.253 e. The van der Waals surface area contributed by atoms with Gasteiger partial charge in [-0.15, -0.1) is 0 Å². The van der Waals surface area contributed by atoms with Gasteiger partial charge in [0.2, 0.25) is 0 Å². The number of fused-ring (bicyclic) bond motifs is 1. The van der Waals surface area contributed by atoms with Gasteiger partial charge in [0.15, 0.2) is 11.5 Å². The van der Waals surface area contributed by atoms with Crippen molar-refractivity contribution in [3.05, 3.63) is 52.0 Å². The lowest BCUT2D eigenvalue weighted by atomic mass is 10.1. The summed E-state index contributed by atoms with van der Waals surface area (Å²) in [5, 5.41) is 0.380. The first kappa shape index (κ1) is 18.4. The van der Waals surface area contributed by atoms with E-state index in [1.54, 1.807) is 24.1 Å². The van der Waals surface area contributed by atoms with Crippen LogP contribution in [0.2, 0.25) is 5.02 Å². The molecule has 138 valence electrons. The van der Waals surface area contributed by atoms with Crippen LogP contribution < -0.4 is 14.2 Å². The van der Waals surface area contributed by atoms with E-state index >= 15 is 0 Å². The van der Waals surface area contributed by atoms with Crippen molar-refractivity contribution in [2.24, 2.45) is 0 Å². The summed E-state index contributed by atoms with van der Waals surface area (Å²) < 4.78 is 16.8. The molecule has 0 radical (unpaired) electrons. The standard InChI is InChI=1S/C20H22ClNO4/c1-13-8-14(2)10-16(9-13)24-5-4-22(3)20(23)15-11-17(21)19-18(12-15)25-6-7-26-19/h8-12H,4-7H2,1-3H3. The topological polar surface area (TPSA) is 48.0 Å². The molecule has 2 aromatic carbocycles. The predicted octanol–water partition coefficient (Wildman–Crippen LogP) is 3.88. The lowest BCUT2D eigenvalue weighted by Gasteiger charge is -2.22. The Bertz CT molecular complexity index is 801. The maximum absolute atomic E-state index is 12.6. The van der Waals surface area contributed by atoms with Crippen molar-refractivity contribution in [2.75, 3.05) is 33.4 Å². The van der Waals surface area contributed by atoms with E-state index in [9.17, 15) is 4.79 Å². The highest BCUT2D eigenvalue weighted by Crippen LogP contribution is 2.38. The van der Waals surface area contributed by atoms with Crippen LogP contribution >= 0.6 is 11.6 Å². The fraction of sp³-hybridized carbons (Fsp3) is 0.350. The summed E-state index contributed by atoms with van der Waals surface area (Å²) in [6.45, 7) is 5.82. The van der Waals surface area contributed by atoms with E-state index < -0.39 is 0 Å². The average Bonchev–Trinajstić information content (AvgIpc) is 2.60. The average molecular weight is 376 g/mol. The van der Waals surface area contributed by atoms with Gasteiger partial charge in [0.1, 0.15) is 25.6 Å². The second kappa shape index (κ2) is 7.87. The summed E-state index contributed by atoms with van der Waals surface area (Å²) in [5.41, 5.74) is 2.76. The van der Waals surface area contributed by atoms with E-state index in [2.05, 4.69) is 6.07 Å². The molecule has 0 fully saturated rings. The van der Waals surface area contributed by atoms with Crippen LogP contribution in [0.1, 0.15) is 21.5 Å². The number of carbonyl (C=O) groups is 1. The second-order valence-corrected chi connectivity index (χ2v) is 6.79. The number of ether oxygens (including phenoxy) is 3. The van der Waals surface area contributed by atoms with E-state index in [1.165, 1.54) is 0 Å². The number of benzene rings is 2. The van der Waals surface area contributed by atoms with E-state index in [0.29, 0.717) is 48.5 Å². The molecule has 1 heterocycles. The Balaban J connectivity index is 1.62. The monoisotopic (exact) mass is 375 g/mol. The normalized spacial score (nSPS) is 12.6. The summed E-state index contributed by atoms with van der Waals surface area (Å²) >= 11 is 6.21. The maximum atomic E-state index is 12.6. The van der Waals surface area contributed by atoms with Crippen LogP contribution in [0.3, 0.4) is 0 Å². The van der Waals surface area contributed by atoms with Crippen molar-refractivity contribution in [3.8, 4) is 17.2 Å². The highest BCUT2D eigenvalue weighted by Gasteiger charge is 2.21. The Kier molecular flexibility index (Phi) is 5.57. The SMILES string of the molecule is Cc1cc(C)cc(OCCN(C)C(=O)c2cc(Cl)c3c(c2)OCCO3)c1. The molecular formula is C20H22ClNO4. The first-order valence-corrected chi connectivity index (χ1v) is 8.87. The Morgan fingerprint density at radius 3 is 2.54 bits per heavy atom. The number of aryl methyl sites for hydroxylation is 2. The Morgan fingerprint density at radius 1 is 1.12 bits per heavy atom. The van der Waals surface area contributed by atoms with Crippen LogP contribution in [-0.4, -0.2) is 44.2 Å².